The van der Waals surface area contributed by atoms with Gasteiger partial charge in [0, 0.05) is 30.6 Å². The first-order valence-electron chi connectivity index (χ1n) is 8.61. The normalized spacial score (nSPS) is 17.8. The number of aryl methyl sites for hydroxylation is 2. The maximum Gasteiger partial charge on any atom is 0.148 e. The number of thiophene rings is 1. The van der Waals surface area contributed by atoms with Crippen molar-refractivity contribution >= 4 is 38.8 Å². The number of nitrogens with two attached hydrogens (primary N) is 1. The predicted octanol–water partition coefficient (Wildman–Crippen LogP) is 3.39. The average molecular weight is 405 g/mol. The predicted molar refractivity (Wildman–Crippen MR) is 108 cm³/mol. The van der Waals surface area contributed by atoms with Crippen molar-refractivity contribution < 1.29 is 9.84 Å². The van der Waals surface area contributed by atoms with E-state index in [1.165, 1.54) is 11.3 Å². The lowest BCUT2D eigenvalue weighted by molar-refractivity contribution is -0.182. The van der Waals surface area contributed by atoms with Gasteiger partial charge in [-0.05, 0) is 37.1 Å². The average Bonchev–Trinajstić information content (AvgIpc) is 2.96. The number of aliphatic hydroxyl groups excluding tert-OH is 1. The van der Waals surface area contributed by atoms with Crippen molar-refractivity contribution in [1.29, 1.82) is 0 Å². The second-order valence-electron chi connectivity index (χ2n) is 6.95. The summed E-state index contributed by atoms with van der Waals surface area (Å²) in [6.07, 6.45) is -0.806. The Hall–Kier alpha value is -1.77. The van der Waals surface area contributed by atoms with E-state index in [0.29, 0.717) is 28.7 Å². The number of fused-ring (bicyclic) bond motifs is 1. The number of likely N-dealkylation sites (tertiary alicyclic amines) is 1. The number of aliphatic hydroxyl groups is 1. The van der Waals surface area contributed by atoms with Gasteiger partial charge in [0.2, 0.25) is 0 Å². The Morgan fingerprint density at radius 1 is 1.26 bits per heavy atom. The van der Waals surface area contributed by atoms with Gasteiger partial charge < -0.3 is 15.6 Å². The highest BCUT2D eigenvalue weighted by molar-refractivity contribution is 7.19. The summed E-state index contributed by atoms with van der Waals surface area (Å²) >= 11 is 7.38. The number of methoxy groups -OCH3 is 1. The molecule has 3 aromatic rings. The molecule has 2 aromatic heterocycles. The number of aromatic nitrogens is 2. The van der Waals surface area contributed by atoms with Gasteiger partial charge in [-0.15, -0.1) is 16.4 Å². The molecule has 8 heteroatoms. The Balaban J connectivity index is 1.61. The molecule has 1 aromatic carbocycles. The molecular formula is C19H21ClN4O2S. The van der Waals surface area contributed by atoms with Gasteiger partial charge in [0.25, 0.3) is 0 Å². The van der Waals surface area contributed by atoms with Crippen LogP contribution in [0.2, 0.25) is 5.02 Å². The smallest absolute Gasteiger partial charge is 0.148 e. The van der Waals surface area contributed by atoms with Crippen LogP contribution in [0.1, 0.15) is 27.9 Å². The van der Waals surface area contributed by atoms with Crippen molar-refractivity contribution in [2.75, 3.05) is 25.9 Å². The third-order valence-corrected chi connectivity index (χ3v) is 6.80. The van der Waals surface area contributed by atoms with E-state index >= 15 is 0 Å². The molecule has 0 saturated carbocycles. The third kappa shape index (κ3) is 2.90. The van der Waals surface area contributed by atoms with Gasteiger partial charge in [0.05, 0.1) is 16.3 Å². The van der Waals surface area contributed by atoms with Gasteiger partial charge in [-0.1, -0.05) is 23.7 Å². The van der Waals surface area contributed by atoms with E-state index in [0.717, 1.165) is 27.0 Å². The molecule has 3 heterocycles. The van der Waals surface area contributed by atoms with Gasteiger partial charge in [0.15, 0.2) is 0 Å². The van der Waals surface area contributed by atoms with Crippen LogP contribution in [-0.2, 0) is 10.3 Å². The molecule has 0 spiro atoms. The van der Waals surface area contributed by atoms with Gasteiger partial charge in [-0.3, -0.25) is 4.90 Å². The van der Waals surface area contributed by atoms with Crippen molar-refractivity contribution in [1.82, 2.24) is 15.1 Å². The molecule has 1 atom stereocenters. The Morgan fingerprint density at radius 2 is 1.93 bits per heavy atom. The zero-order valence-corrected chi connectivity index (χ0v) is 16.9. The van der Waals surface area contributed by atoms with Crippen LogP contribution in [0.25, 0.3) is 10.2 Å². The molecule has 1 unspecified atom stereocenters. The summed E-state index contributed by atoms with van der Waals surface area (Å²) in [6.45, 7) is 5.00. The molecule has 0 bridgehead atoms. The fraction of sp³-hybridized carbons (Fsp3) is 0.368. The van der Waals surface area contributed by atoms with Crippen LogP contribution in [0.15, 0.2) is 24.3 Å². The number of anilines is 1. The number of hydrogen-bond acceptors (Lipinski definition) is 7. The van der Waals surface area contributed by atoms with Gasteiger partial charge in [0.1, 0.15) is 16.7 Å². The minimum Gasteiger partial charge on any atom is -0.397 e. The summed E-state index contributed by atoms with van der Waals surface area (Å²) in [5.74, 6) is 0. The monoisotopic (exact) mass is 404 g/mol. The molecular weight excluding hydrogens is 384 g/mol. The highest BCUT2D eigenvalue weighted by Gasteiger charge is 2.48. The molecule has 0 amide bonds. The number of nitrogens with zero attached hydrogens (tertiary/aromatic N) is 3. The SMILES string of the molecule is COC1(c2ccc(Cl)cc2)CN(C(O)c2sc3nnc(C)c(C)c3c2N)C1. The third-order valence-electron chi connectivity index (χ3n) is 5.42. The maximum atomic E-state index is 10.9. The van der Waals surface area contributed by atoms with E-state index in [2.05, 4.69) is 10.2 Å². The number of hydrogen-bond donors (Lipinski definition) is 2. The van der Waals surface area contributed by atoms with Crippen molar-refractivity contribution in [3.8, 4) is 0 Å². The van der Waals surface area contributed by atoms with Crippen LogP contribution in [0.5, 0.6) is 0 Å². The zero-order valence-electron chi connectivity index (χ0n) is 15.4. The largest absolute Gasteiger partial charge is 0.397 e. The standard InChI is InChI=1S/C19H21ClN4O2S/c1-10-11(2)22-23-17-14(10)15(21)16(27-17)18(25)24-8-19(9-24,26-3)12-4-6-13(20)7-5-12/h4-7,18,25H,8-9,21H2,1-3H3. The summed E-state index contributed by atoms with van der Waals surface area (Å²) in [4.78, 5) is 3.39. The van der Waals surface area contributed by atoms with Crippen LogP contribution in [-0.4, -0.2) is 40.4 Å². The number of ether oxygens (including phenoxy) is 1. The fourth-order valence-corrected chi connectivity index (χ4v) is 4.83. The number of rotatable bonds is 4. The van der Waals surface area contributed by atoms with Gasteiger partial charge in [-0.25, -0.2) is 0 Å². The lowest BCUT2D eigenvalue weighted by Gasteiger charge is -2.51. The lowest BCUT2D eigenvalue weighted by Crippen LogP contribution is -2.61. The molecule has 1 aliphatic heterocycles. The van der Waals surface area contributed by atoms with Crippen LogP contribution in [0.3, 0.4) is 0 Å². The van der Waals surface area contributed by atoms with E-state index in [1.54, 1.807) is 7.11 Å². The quantitative estimate of drug-likeness (QED) is 0.693. The number of nitrogen functional groups attached to an aromatic ring is 1. The highest BCUT2D eigenvalue weighted by atomic mass is 35.5. The molecule has 1 fully saturated rings. The lowest BCUT2D eigenvalue weighted by atomic mass is 9.85. The fourth-order valence-electron chi connectivity index (χ4n) is 3.58. The first-order chi connectivity index (χ1) is 12.9. The van der Waals surface area contributed by atoms with Gasteiger partial charge >= 0.3 is 0 Å². The van der Waals surface area contributed by atoms with E-state index in [4.69, 9.17) is 22.1 Å². The minimum absolute atomic E-state index is 0.455. The van der Waals surface area contributed by atoms with Gasteiger partial charge in [-0.2, -0.15) is 5.10 Å². The van der Waals surface area contributed by atoms with Crippen molar-refractivity contribution in [3.63, 3.8) is 0 Å². The topological polar surface area (TPSA) is 84.5 Å². The number of benzene rings is 1. The Morgan fingerprint density at radius 3 is 2.56 bits per heavy atom. The Labute approximate surface area is 166 Å². The molecule has 4 rings (SSSR count). The van der Waals surface area contributed by atoms with E-state index in [-0.39, 0.29) is 0 Å². The van der Waals surface area contributed by atoms with Crippen LogP contribution in [0.4, 0.5) is 5.69 Å². The summed E-state index contributed by atoms with van der Waals surface area (Å²) in [5, 5.41) is 20.9. The molecule has 6 nitrogen and oxygen atoms in total. The van der Waals surface area contributed by atoms with Crippen LogP contribution >= 0.6 is 22.9 Å². The van der Waals surface area contributed by atoms with Crippen LogP contribution in [0, 0.1) is 13.8 Å². The molecule has 1 saturated heterocycles. The van der Waals surface area contributed by atoms with Crippen molar-refractivity contribution in [3.05, 3.63) is 51.0 Å². The molecule has 0 radical (unpaired) electrons. The second kappa shape index (κ2) is 6.68. The Bertz CT molecular complexity index is 999. The van der Waals surface area contributed by atoms with E-state index in [1.807, 2.05) is 43.0 Å². The summed E-state index contributed by atoms with van der Waals surface area (Å²) in [7, 11) is 1.69. The minimum atomic E-state index is -0.806. The molecule has 1 aliphatic rings. The number of halogens is 1. The Kier molecular flexibility index (Phi) is 4.60. The van der Waals surface area contributed by atoms with Crippen molar-refractivity contribution in [2.24, 2.45) is 0 Å². The summed E-state index contributed by atoms with van der Waals surface area (Å²) in [6, 6.07) is 7.63. The first-order valence-corrected chi connectivity index (χ1v) is 9.81. The maximum absolute atomic E-state index is 10.9. The van der Waals surface area contributed by atoms with Crippen LogP contribution < -0.4 is 5.73 Å². The molecule has 142 valence electrons. The van der Waals surface area contributed by atoms with E-state index in [9.17, 15) is 5.11 Å². The van der Waals surface area contributed by atoms with E-state index < -0.39 is 11.8 Å². The molecule has 0 aliphatic carbocycles. The highest BCUT2D eigenvalue weighted by Crippen LogP contribution is 2.44. The molecule has 27 heavy (non-hydrogen) atoms. The summed E-state index contributed by atoms with van der Waals surface area (Å²) < 4.78 is 5.79. The summed E-state index contributed by atoms with van der Waals surface area (Å²) in [5.41, 5.74) is 9.38. The zero-order chi connectivity index (χ0) is 19.3. The van der Waals surface area contributed by atoms with Crippen molar-refractivity contribution in [2.45, 2.75) is 25.7 Å². The second-order valence-corrected chi connectivity index (χ2v) is 8.42. The molecule has 3 N–H and O–H groups in total. The first kappa shape index (κ1) is 18.6.